The molecule has 100 valence electrons. The number of anilines is 1. The molecule has 1 saturated carbocycles. The Morgan fingerprint density at radius 1 is 1.50 bits per heavy atom. The van der Waals surface area contributed by atoms with E-state index in [0.29, 0.717) is 11.8 Å². The molecule has 1 aromatic heterocycles. The number of allylic oxidation sites excluding steroid dienone is 1. The van der Waals surface area contributed by atoms with E-state index in [4.69, 9.17) is 10.7 Å². The van der Waals surface area contributed by atoms with Gasteiger partial charge in [0, 0.05) is 18.4 Å². The quantitative estimate of drug-likeness (QED) is 0.804. The van der Waals surface area contributed by atoms with Crippen LogP contribution < -0.4 is 5.73 Å². The number of imidazole rings is 1. The van der Waals surface area contributed by atoms with Crippen LogP contribution in [0, 0.1) is 0 Å². The lowest BCUT2D eigenvalue weighted by molar-refractivity contribution is 0.615. The summed E-state index contributed by atoms with van der Waals surface area (Å²) in [6.07, 6.45) is 8.16. The SMILES string of the molecule is C=CCn1c(C2CCCC2)nc(C(C)CC)c1N. The Labute approximate surface area is 110 Å². The monoisotopic (exact) mass is 247 g/mol. The average Bonchev–Trinajstić information content (AvgIpc) is 2.99. The van der Waals surface area contributed by atoms with Gasteiger partial charge in [-0.15, -0.1) is 6.58 Å². The van der Waals surface area contributed by atoms with Crippen molar-refractivity contribution in [3.63, 3.8) is 0 Å². The van der Waals surface area contributed by atoms with Crippen molar-refractivity contribution in [2.45, 2.75) is 64.3 Å². The third-order valence-electron chi connectivity index (χ3n) is 4.18. The maximum Gasteiger partial charge on any atom is 0.127 e. The smallest absolute Gasteiger partial charge is 0.127 e. The van der Waals surface area contributed by atoms with Crippen LogP contribution in [0.25, 0.3) is 0 Å². The zero-order valence-corrected chi connectivity index (χ0v) is 11.7. The summed E-state index contributed by atoms with van der Waals surface area (Å²) in [6, 6.07) is 0. The van der Waals surface area contributed by atoms with Crippen LogP contribution in [0.4, 0.5) is 5.82 Å². The van der Waals surface area contributed by atoms with Crippen LogP contribution in [-0.4, -0.2) is 9.55 Å². The van der Waals surface area contributed by atoms with Crippen molar-refractivity contribution < 1.29 is 0 Å². The Balaban J connectivity index is 2.39. The molecule has 1 aromatic rings. The van der Waals surface area contributed by atoms with Gasteiger partial charge in [0.1, 0.15) is 11.6 Å². The highest BCUT2D eigenvalue weighted by Gasteiger charge is 2.26. The Hall–Kier alpha value is -1.25. The maximum absolute atomic E-state index is 6.29. The van der Waals surface area contributed by atoms with Gasteiger partial charge in [-0.3, -0.25) is 0 Å². The third-order valence-corrected chi connectivity index (χ3v) is 4.18. The standard InChI is InChI=1S/C15H25N3/c1-4-10-18-14(16)13(11(3)5-2)17-15(18)12-8-6-7-9-12/h4,11-12H,1,5-10,16H2,2-3H3. The molecule has 2 N–H and O–H groups in total. The predicted molar refractivity (Wildman–Crippen MR) is 76.8 cm³/mol. The van der Waals surface area contributed by atoms with Crippen molar-refractivity contribution in [1.82, 2.24) is 9.55 Å². The number of hydrogen-bond acceptors (Lipinski definition) is 2. The number of nitrogen functional groups attached to an aromatic ring is 1. The largest absolute Gasteiger partial charge is 0.384 e. The molecule has 1 heterocycles. The summed E-state index contributed by atoms with van der Waals surface area (Å²) < 4.78 is 2.17. The minimum absolute atomic E-state index is 0.441. The van der Waals surface area contributed by atoms with Gasteiger partial charge in [-0.05, 0) is 19.3 Å². The summed E-state index contributed by atoms with van der Waals surface area (Å²) in [6.45, 7) is 9.00. The van der Waals surface area contributed by atoms with Gasteiger partial charge in [0.2, 0.25) is 0 Å². The van der Waals surface area contributed by atoms with Gasteiger partial charge in [-0.2, -0.15) is 0 Å². The van der Waals surface area contributed by atoms with Crippen molar-refractivity contribution >= 4 is 5.82 Å². The minimum Gasteiger partial charge on any atom is -0.384 e. The van der Waals surface area contributed by atoms with Crippen molar-refractivity contribution in [3.05, 3.63) is 24.2 Å². The summed E-state index contributed by atoms with van der Waals surface area (Å²) >= 11 is 0. The summed E-state index contributed by atoms with van der Waals surface area (Å²) in [5.41, 5.74) is 7.37. The summed E-state index contributed by atoms with van der Waals surface area (Å²) in [5.74, 6) is 3.09. The summed E-state index contributed by atoms with van der Waals surface area (Å²) in [5, 5.41) is 0. The maximum atomic E-state index is 6.29. The second kappa shape index (κ2) is 5.59. The van der Waals surface area contributed by atoms with Crippen molar-refractivity contribution in [2.75, 3.05) is 5.73 Å². The molecule has 0 aromatic carbocycles. The Morgan fingerprint density at radius 3 is 2.72 bits per heavy atom. The number of nitrogens with two attached hydrogens (primary N) is 1. The number of rotatable bonds is 5. The molecule has 0 radical (unpaired) electrons. The van der Waals surface area contributed by atoms with E-state index in [1.807, 2.05) is 6.08 Å². The zero-order chi connectivity index (χ0) is 13.1. The van der Waals surface area contributed by atoms with Crippen molar-refractivity contribution in [2.24, 2.45) is 0 Å². The van der Waals surface area contributed by atoms with Crippen LogP contribution in [0.15, 0.2) is 12.7 Å². The van der Waals surface area contributed by atoms with Gasteiger partial charge >= 0.3 is 0 Å². The van der Waals surface area contributed by atoms with E-state index < -0.39 is 0 Å². The van der Waals surface area contributed by atoms with E-state index in [0.717, 1.165) is 24.5 Å². The Bertz CT molecular complexity index is 414. The van der Waals surface area contributed by atoms with Crippen LogP contribution in [0.1, 0.15) is 69.3 Å². The lowest BCUT2D eigenvalue weighted by Crippen LogP contribution is -2.09. The number of hydrogen-bond donors (Lipinski definition) is 1. The van der Waals surface area contributed by atoms with Crippen LogP contribution in [0.3, 0.4) is 0 Å². The predicted octanol–water partition coefficient (Wildman–Crippen LogP) is 3.82. The molecule has 1 atom stereocenters. The minimum atomic E-state index is 0.441. The number of nitrogens with zero attached hydrogens (tertiary/aromatic N) is 2. The molecule has 1 unspecified atom stereocenters. The molecule has 0 amide bonds. The molecule has 2 rings (SSSR count). The van der Waals surface area contributed by atoms with Crippen LogP contribution >= 0.6 is 0 Å². The second-order valence-electron chi connectivity index (χ2n) is 5.43. The van der Waals surface area contributed by atoms with Crippen LogP contribution in [0.5, 0.6) is 0 Å². The third kappa shape index (κ3) is 2.31. The van der Waals surface area contributed by atoms with Gasteiger partial charge in [0.05, 0.1) is 5.69 Å². The van der Waals surface area contributed by atoms with E-state index in [1.165, 1.54) is 31.5 Å². The van der Waals surface area contributed by atoms with E-state index >= 15 is 0 Å². The molecule has 0 aliphatic heterocycles. The molecule has 18 heavy (non-hydrogen) atoms. The lowest BCUT2D eigenvalue weighted by atomic mass is 10.1. The Morgan fingerprint density at radius 2 is 2.17 bits per heavy atom. The van der Waals surface area contributed by atoms with Crippen LogP contribution in [0.2, 0.25) is 0 Å². The van der Waals surface area contributed by atoms with E-state index in [-0.39, 0.29) is 0 Å². The fourth-order valence-corrected chi connectivity index (χ4v) is 2.88. The van der Waals surface area contributed by atoms with Crippen molar-refractivity contribution in [1.29, 1.82) is 0 Å². The fraction of sp³-hybridized carbons (Fsp3) is 0.667. The normalized spacial score (nSPS) is 18.1. The average molecular weight is 247 g/mol. The molecule has 1 aliphatic carbocycles. The Kier molecular flexibility index (Phi) is 4.10. The van der Waals surface area contributed by atoms with Gasteiger partial charge in [0.25, 0.3) is 0 Å². The zero-order valence-electron chi connectivity index (χ0n) is 11.7. The molecule has 3 heteroatoms. The molecular formula is C15H25N3. The summed E-state index contributed by atoms with van der Waals surface area (Å²) in [7, 11) is 0. The topological polar surface area (TPSA) is 43.8 Å². The van der Waals surface area contributed by atoms with Gasteiger partial charge in [0.15, 0.2) is 0 Å². The molecule has 0 spiro atoms. The highest BCUT2D eigenvalue weighted by molar-refractivity contribution is 5.41. The molecule has 1 fully saturated rings. The first-order chi connectivity index (χ1) is 8.69. The highest BCUT2D eigenvalue weighted by atomic mass is 15.1. The molecular weight excluding hydrogens is 222 g/mol. The number of aromatic nitrogens is 2. The first-order valence-corrected chi connectivity index (χ1v) is 7.15. The van der Waals surface area contributed by atoms with Crippen molar-refractivity contribution in [3.8, 4) is 0 Å². The first kappa shape index (κ1) is 13.2. The van der Waals surface area contributed by atoms with E-state index in [2.05, 4.69) is 25.0 Å². The lowest BCUT2D eigenvalue weighted by Gasteiger charge is -2.12. The first-order valence-electron chi connectivity index (χ1n) is 7.15. The highest BCUT2D eigenvalue weighted by Crippen LogP contribution is 2.36. The van der Waals surface area contributed by atoms with Gasteiger partial charge in [-0.25, -0.2) is 4.98 Å². The van der Waals surface area contributed by atoms with Gasteiger partial charge in [-0.1, -0.05) is 32.8 Å². The molecule has 1 aliphatic rings. The van der Waals surface area contributed by atoms with Crippen LogP contribution in [-0.2, 0) is 6.54 Å². The van der Waals surface area contributed by atoms with E-state index in [1.54, 1.807) is 0 Å². The van der Waals surface area contributed by atoms with E-state index in [9.17, 15) is 0 Å². The molecule has 3 nitrogen and oxygen atoms in total. The van der Waals surface area contributed by atoms with Gasteiger partial charge < -0.3 is 10.3 Å². The fourth-order valence-electron chi connectivity index (χ4n) is 2.88. The second-order valence-corrected chi connectivity index (χ2v) is 5.43. The molecule has 0 saturated heterocycles. The summed E-state index contributed by atoms with van der Waals surface area (Å²) in [4.78, 5) is 4.87. The molecule has 0 bridgehead atoms.